The third-order valence-corrected chi connectivity index (χ3v) is 3.74. The topological polar surface area (TPSA) is 66.8 Å². The third kappa shape index (κ3) is 2.67. The average molecular weight is 357 g/mol. The molecule has 1 aliphatic heterocycles. The van der Waals surface area contributed by atoms with E-state index in [1.807, 2.05) is 0 Å². The summed E-state index contributed by atoms with van der Waals surface area (Å²) in [6, 6.07) is 5.01. The predicted molar refractivity (Wildman–Crippen MR) is 79.2 cm³/mol. The van der Waals surface area contributed by atoms with Crippen molar-refractivity contribution in [1.82, 2.24) is 0 Å². The molecule has 0 bridgehead atoms. The van der Waals surface area contributed by atoms with E-state index in [1.165, 1.54) is 6.07 Å². The highest BCUT2D eigenvalue weighted by Gasteiger charge is 2.33. The van der Waals surface area contributed by atoms with Gasteiger partial charge in [-0.1, -0.05) is 11.6 Å². The highest BCUT2D eigenvalue weighted by atomic mass is 35.5. The minimum absolute atomic E-state index is 0.00470. The van der Waals surface area contributed by atoms with Crippen molar-refractivity contribution < 1.29 is 32.9 Å². The van der Waals surface area contributed by atoms with E-state index in [-0.39, 0.29) is 27.7 Å². The van der Waals surface area contributed by atoms with E-state index in [4.69, 9.17) is 16.3 Å². The Morgan fingerprint density at radius 1 is 1.12 bits per heavy atom. The molecule has 0 fully saturated rings. The zero-order chi connectivity index (χ0) is 17.6. The van der Waals surface area contributed by atoms with E-state index in [2.05, 4.69) is 0 Å². The van der Waals surface area contributed by atoms with Gasteiger partial charge in [-0.2, -0.15) is 13.2 Å². The van der Waals surface area contributed by atoms with Crippen LogP contribution in [0.25, 0.3) is 6.08 Å². The Kier molecular flexibility index (Phi) is 3.68. The molecular formula is C16H8ClF3O4. The molecule has 124 valence electrons. The lowest BCUT2D eigenvalue weighted by Crippen LogP contribution is -2.05. The van der Waals surface area contributed by atoms with Crippen LogP contribution in [0.4, 0.5) is 13.2 Å². The van der Waals surface area contributed by atoms with Crippen molar-refractivity contribution in [3.05, 3.63) is 57.8 Å². The number of ether oxygens (including phenoxy) is 1. The number of ketones is 1. The van der Waals surface area contributed by atoms with Gasteiger partial charge in [0.05, 0.1) is 11.1 Å². The van der Waals surface area contributed by atoms with Gasteiger partial charge in [-0.3, -0.25) is 4.79 Å². The van der Waals surface area contributed by atoms with Crippen LogP contribution in [0.3, 0.4) is 0 Å². The summed E-state index contributed by atoms with van der Waals surface area (Å²) >= 11 is 5.87. The number of hydrogen-bond donors (Lipinski definition) is 2. The van der Waals surface area contributed by atoms with E-state index >= 15 is 0 Å². The number of carbonyl (C=O) groups excluding carboxylic acids is 1. The lowest BCUT2D eigenvalue weighted by Gasteiger charge is -2.08. The minimum Gasteiger partial charge on any atom is -0.504 e. The molecule has 0 unspecified atom stereocenters. The standard InChI is InChI=1S/C16H8ClF3O4/c17-10-3-1-8(16(18,19)20)5-7(10)6-12-13(22)9-2-4-11(21)14(23)15(9)24-12/h1-6,21,23H. The molecule has 0 radical (unpaired) electrons. The van der Waals surface area contributed by atoms with Crippen LogP contribution in [0.1, 0.15) is 21.5 Å². The Morgan fingerprint density at radius 3 is 2.50 bits per heavy atom. The zero-order valence-electron chi connectivity index (χ0n) is 11.7. The van der Waals surface area contributed by atoms with Gasteiger partial charge in [-0.05, 0) is 42.0 Å². The number of carbonyl (C=O) groups is 1. The first-order valence-electron chi connectivity index (χ1n) is 6.54. The first-order chi connectivity index (χ1) is 11.2. The smallest absolute Gasteiger partial charge is 0.416 e. The third-order valence-electron chi connectivity index (χ3n) is 3.40. The van der Waals surface area contributed by atoms with Crippen molar-refractivity contribution in [3.8, 4) is 17.2 Å². The largest absolute Gasteiger partial charge is 0.504 e. The average Bonchev–Trinajstić information content (AvgIpc) is 2.81. The number of allylic oxidation sites excluding steroid dienone is 1. The number of benzene rings is 2. The van der Waals surface area contributed by atoms with Crippen LogP contribution in [0, 0.1) is 0 Å². The number of Topliss-reactive ketones (excluding diaryl/α,β-unsaturated/α-hetero) is 1. The number of phenols is 2. The fourth-order valence-electron chi connectivity index (χ4n) is 2.20. The maximum Gasteiger partial charge on any atom is 0.416 e. The Morgan fingerprint density at radius 2 is 1.83 bits per heavy atom. The molecule has 0 saturated carbocycles. The lowest BCUT2D eigenvalue weighted by molar-refractivity contribution is -0.137. The normalized spacial score (nSPS) is 15.5. The van der Waals surface area contributed by atoms with Gasteiger partial charge in [0.1, 0.15) is 0 Å². The minimum atomic E-state index is -4.56. The number of fused-ring (bicyclic) bond motifs is 1. The van der Waals surface area contributed by atoms with E-state index in [1.54, 1.807) is 0 Å². The van der Waals surface area contributed by atoms with Crippen LogP contribution >= 0.6 is 11.6 Å². The van der Waals surface area contributed by atoms with Crippen molar-refractivity contribution in [2.75, 3.05) is 0 Å². The van der Waals surface area contributed by atoms with Crippen LogP contribution in [-0.4, -0.2) is 16.0 Å². The van der Waals surface area contributed by atoms with Crippen LogP contribution in [-0.2, 0) is 6.18 Å². The van der Waals surface area contributed by atoms with Crippen molar-refractivity contribution in [1.29, 1.82) is 0 Å². The highest BCUT2D eigenvalue weighted by Crippen LogP contribution is 2.44. The fourth-order valence-corrected chi connectivity index (χ4v) is 2.37. The van der Waals surface area contributed by atoms with Gasteiger partial charge in [0, 0.05) is 5.02 Å². The Bertz CT molecular complexity index is 888. The van der Waals surface area contributed by atoms with Gasteiger partial charge in [0.15, 0.2) is 17.3 Å². The summed E-state index contributed by atoms with van der Waals surface area (Å²) in [7, 11) is 0. The van der Waals surface area contributed by atoms with E-state index in [9.17, 15) is 28.2 Å². The molecule has 1 heterocycles. The summed E-state index contributed by atoms with van der Waals surface area (Å²) < 4.78 is 43.5. The molecule has 2 aromatic carbocycles. The van der Waals surface area contributed by atoms with Gasteiger partial charge in [-0.15, -0.1) is 0 Å². The lowest BCUT2D eigenvalue weighted by atomic mass is 10.1. The molecule has 0 amide bonds. The molecule has 0 aromatic heterocycles. The van der Waals surface area contributed by atoms with E-state index in [0.717, 1.165) is 30.3 Å². The molecule has 3 rings (SSSR count). The maximum absolute atomic E-state index is 12.8. The molecule has 4 nitrogen and oxygen atoms in total. The molecule has 0 spiro atoms. The van der Waals surface area contributed by atoms with E-state index < -0.39 is 29.0 Å². The second-order valence-electron chi connectivity index (χ2n) is 4.98. The van der Waals surface area contributed by atoms with Crippen LogP contribution in [0.2, 0.25) is 5.02 Å². The number of rotatable bonds is 1. The monoisotopic (exact) mass is 356 g/mol. The van der Waals surface area contributed by atoms with Crippen molar-refractivity contribution in [3.63, 3.8) is 0 Å². The molecule has 24 heavy (non-hydrogen) atoms. The second kappa shape index (κ2) is 5.45. The maximum atomic E-state index is 12.8. The highest BCUT2D eigenvalue weighted by molar-refractivity contribution is 6.32. The van der Waals surface area contributed by atoms with Crippen molar-refractivity contribution >= 4 is 23.5 Å². The molecule has 8 heteroatoms. The summed E-state index contributed by atoms with van der Waals surface area (Å²) in [5, 5.41) is 19.1. The fraction of sp³-hybridized carbons (Fsp3) is 0.0625. The van der Waals surface area contributed by atoms with Crippen molar-refractivity contribution in [2.24, 2.45) is 0 Å². The van der Waals surface area contributed by atoms with Crippen molar-refractivity contribution in [2.45, 2.75) is 6.18 Å². The summed E-state index contributed by atoms with van der Waals surface area (Å²) in [4.78, 5) is 12.2. The molecular weight excluding hydrogens is 349 g/mol. The summed E-state index contributed by atoms with van der Waals surface area (Å²) in [6.07, 6.45) is -3.51. The zero-order valence-corrected chi connectivity index (χ0v) is 12.4. The number of phenolic OH excluding ortho intramolecular Hbond substituents is 2. The first kappa shape index (κ1) is 16.2. The number of hydrogen-bond acceptors (Lipinski definition) is 4. The molecule has 2 N–H and O–H groups in total. The van der Waals surface area contributed by atoms with Crippen LogP contribution in [0.5, 0.6) is 17.2 Å². The second-order valence-corrected chi connectivity index (χ2v) is 5.39. The predicted octanol–water partition coefficient (Wildman–Crippen LogP) is 4.39. The Balaban J connectivity index is 2.05. The first-order valence-corrected chi connectivity index (χ1v) is 6.92. The molecule has 0 saturated heterocycles. The molecule has 0 aliphatic carbocycles. The quantitative estimate of drug-likeness (QED) is 0.587. The number of aromatic hydroxyl groups is 2. The Hall–Kier alpha value is -2.67. The van der Waals surface area contributed by atoms with Crippen LogP contribution in [0.15, 0.2) is 36.1 Å². The van der Waals surface area contributed by atoms with Gasteiger partial charge in [0.25, 0.3) is 0 Å². The Labute approximate surface area is 138 Å². The van der Waals surface area contributed by atoms with Gasteiger partial charge in [-0.25, -0.2) is 0 Å². The van der Waals surface area contributed by atoms with E-state index in [0.29, 0.717) is 0 Å². The van der Waals surface area contributed by atoms with Gasteiger partial charge < -0.3 is 14.9 Å². The van der Waals surface area contributed by atoms with Gasteiger partial charge in [0.2, 0.25) is 11.5 Å². The summed E-state index contributed by atoms with van der Waals surface area (Å²) in [5.74, 6) is -2.32. The molecule has 1 aliphatic rings. The molecule has 0 atom stereocenters. The number of alkyl halides is 3. The number of halogens is 4. The summed E-state index contributed by atoms with van der Waals surface area (Å²) in [6.45, 7) is 0. The molecule has 2 aromatic rings. The van der Waals surface area contributed by atoms with Gasteiger partial charge >= 0.3 is 6.18 Å². The SMILES string of the molecule is O=C1C(=Cc2cc(C(F)(F)F)ccc2Cl)Oc2c1ccc(O)c2O. The summed E-state index contributed by atoms with van der Waals surface area (Å²) in [5.41, 5.74) is -1.01. The van der Waals surface area contributed by atoms with Crippen LogP contribution < -0.4 is 4.74 Å².